The van der Waals surface area contributed by atoms with E-state index in [1.807, 2.05) is 24.3 Å². The molecule has 1 aromatic rings. The number of carbonyl (C=O) groups excluding carboxylic acids is 1. The van der Waals surface area contributed by atoms with Crippen LogP contribution < -0.4 is 15.8 Å². The number of nitrogens with two attached hydrogens (primary N) is 1. The van der Waals surface area contributed by atoms with E-state index in [-0.39, 0.29) is 12.1 Å². The highest BCUT2D eigenvalue weighted by Crippen LogP contribution is 2.24. The van der Waals surface area contributed by atoms with Gasteiger partial charge in [-0.1, -0.05) is 25.1 Å². The Balaban J connectivity index is 2.04. The second-order valence-corrected chi connectivity index (χ2v) is 5.72. The molecule has 1 aromatic carbocycles. The van der Waals surface area contributed by atoms with Crippen LogP contribution in [0.25, 0.3) is 0 Å². The Morgan fingerprint density at radius 1 is 1.38 bits per heavy atom. The summed E-state index contributed by atoms with van der Waals surface area (Å²) in [5, 5.41) is 2.89. The van der Waals surface area contributed by atoms with Crippen molar-refractivity contribution in [1.82, 2.24) is 4.90 Å². The fraction of sp³-hybridized carbons (Fsp3) is 0.467. The van der Waals surface area contributed by atoms with Crippen molar-refractivity contribution in [1.29, 1.82) is 0 Å². The number of thiocarbonyl (C=S) groups is 1. The normalized spacial score (nSPS) is 14.7. The molecule has 1 aliphatic carbocycles. The van der Waals surface area contributed by atoms with Gasteiger partial charge in [-0.2, -0.15) is 0 Å². The molecule has 21 heavy (non-hydrogen) atoms. The fourth-order valence-corrected chi connectivity index (χ4v) is 2.76. The average Bonchev–Trinajstić information content (AvgIpc) is 2.99. The molecule has 0 heterocycles. The number of amides is 2. The Kier molecular flexibility index (Phi) is 5.38. The summed E-state index contributed by atoms with van der Waals surface area (Å²) in [4.78, 5) is 14.5. The molecule has 6 heteroatoms. The van der Waals surface area contributed by atoms with E-state index in [0.717, 1.165) is 37.1 Å². The number of hydrogen-bond acceptors (Lipinski definition) is 3. The highest BCUT2D eigenvalue weighted by atomic mass is 32.1. The minimum Gasteiger partial charge on any atom is -0.497 e. The van der Waals surface area contributed by atoms with Crippen LogP contribution in [0.3, 0.4) is 0 Å². The van der Waals surface area contributed by atoms with Gasteiger partial charge in [0, 0.05) is 11.7 Å². The maximum atomic E-state index is 12.5. The third-order valence-electron chi connectivity index (χ3n) is 3.69. The maximum Gasteiger partial charge on any atom is 0.322 e. The lowest BCUT2D eigenvalue weighted by molar-refractivity contribution is 0.199. The quantitative estimate of drug-likeness (QED) is 0.821. The van der Waals surface area contributed by atoms with Crippen molar-refractivity contribution in [2.45, 2.75) is 31.7 Å². The lowest BCUT2D eigenvalue weighted by Gasteiger charge is -2.28. The molecule has 0 spiro atoms. The molecule has 1 fully saturated rings. The van der Waals surface area contributed by atoms with Gasteiger partial charge in [0.25, 0.3) is 0 Å². The molecule has 114 valence electrons. The van der Waals surface area contributed by atoms with Crippen molar-refractivity contribution in [2.24, 2.45) is 5.73 Å². The first kappa shape index (κ1) is 15.6. The molecule has 1 aliphatic rings. The van der Waals surface area contributed by atoms with Crippen LogP contribution in [0.5, 0.6) is 5.75 Å². The minimum atomic E-state index is -0.153. The Morgan fingerprint density at radius 2 is 2.00 bits per heavy atom. The number of benzene rings is 1. The Hall–Kier alpha value is -1.82. The molecule has 1 saturated carbocycles. The van der Waals surface area contributed by atoms with Gasteiger partial charge < -0.3 is 20.7 Å². The van der Waals surface area contributed by atoms with Gasteiger partial charge in [0.2, 0.25) is 0 Å². The topological polar surface area (TPSA) is 67.6 Å². The van der Waals surface area contributed by atoms with Crippen LogP contribution in [0.2, 0.25) is 0 Å². The molecule has 0 aliphatic heterocycles. The molecular weight excluding hydrogens is 286 g/mol. The summed E-state index contributed by atoms with van der Waals surface area (Å²) in [6.45, 7) is 0.321. The van der Waals surface area contributed by atoms with Crippen LogP contribution in [0.1, 0.15) is 25.7 Å². The smallest absolute Gasteiger partial charge is 0.322 e. The molecule has 2 amide bonds. The molecule has 0 bridgehead atoms. The maximum absolute atomic E-state index is 12.5. The number of rotatable bonds is 5. The second-order valence-electron chi connectivity index (χ2n) is 5.19. The monoisotopic (exact) mass is 307 g/mol. The van der Waals surface area contributed by atoms with Crippen molar-refractivity contribution in [3.05, 3.63) is 24.3 Å². The minimum absolute atomic E-state index is 0.153. The van der Waals surface area contributed by atoms with Crippen LogP contribution in [-0.2, 0) is 0 Å². The van der Waals surface area contributed by atoms with Gasteiger partial charge in [-0.15, -0.1) is 0 Å². The Bertz CT molecular complexity index is 498. The standard InChI is InChI=1S/C15H21N3O2S/c1-20-13-8-6-11(7-9-13)17-15(19)18(10-14(16)21)12-4-2-3-5-12/h6-9,12H,2-5,10H2,1H3,(H2,16,21)(H,17,19). The summed E-state index contributed by atoms with van der Waals surface area (Å²) in [5.74, 6) is 0.754. The lowest BCUT2D eigenvalue weighted by atomic mass is 10.2. The number of nitrogens with one attached hydrogen (secondary N) is 1. The van der Waals surface area contributed by atoms with Crippen LogP contribution in [-0.4, -0.2) is 35.6 Å². The summed E-state index contributed by atoms with van der Waals surface area (Å²) in [5.41, 5.74) is 6.35. The van der Waals surface area contributed by atoms with E-state index >= 15 is 0 Å². The first-order valence-electron chi connectivity index (χ1n) is 7.10. The van der Waals surface area contributed by atoms with Gasteiger partial charge in [-0.25, -0.2) is 4.79 Å². The van der Waals surface area contributed by atoms with Crippen molar-refractivity contribution in [3.63, 3.8) is 0 Å². The zero-order chi connectivity index (χ0) is 15.2. The molecule has 3 N–H and O–H groups in total. The molecule has 2 rings (SSSR count). The van der Waals surface area contributed by atoms with E-state index in [1.165, 1.54) is 0 Å². The molecule has 0 radical (unpaired) electrons. The summed E-state index contributed by atoms with van der Waals surface area (Å²) in [6.07, 6.45) is 4.32. The van der Waals surface area contributed by atoms with Crippen molar-refractivity contribution in [3.8, 4) is 5.75 Å². The average molecular weight is 307 g/mol. The van der Waals surface area contributed by atoms with E-state index in [1.54, 1.807) is 12.0 Å². The zero-order valence-corrected chi connectivity index (χ0v) is 13.0. The van der Waals surface area contributed by atoms with Gasteiger partial charge in [-0.05, 0) is 37.1 Å². The lowest BCUT2D eigenvalue weighted by Crippen LogP contribution is -2.45. The third-order valence-corrected chi connectivity index (χ3v) is 3.82. The van der Waals surface area contributed by atoms with Crippen molar-refractivity contribution in [2.75, 3.05) is 19.0 Å². The number of anilines is 1. The SMILES string of the molecule is COc1ccc(NC(=O)N(CC(N)=S)C2CCCC2)cc1. The number of ether oxygens (including phenoxy) is 1. The van der Waals surface area contributed by atoms with Crippen molar-refractivity contribution >= 4 is 28.9 Å². The summed E-state index contributed by atoms with van der Waals surface area (Å²) >= 11 is 4.96. The van der Waals surface area contributed by atoms with Crippen LogP contribution in [0.15, 0.2) is 24.3 Å². The largest absolute Gasteiger partial charge is 0.497 e. The summed E-state index contributed by atoms with van der Waals surface area (Å²) in [7, 11) is 1.61. The molecule has 0 aromatic heterocycles. The Labute approximate surface area is 130 Å². The van der Waals surface area contributed by atoms with Crippen molar-refractivity contribution < 1.29 is 9.53 Å². The number of hydrogen-bond donors (Lipinski definition) is 2. The Morgan fingerprint density at radius 3 is 2.52 bits per heavy atom. The van der Waals surface area contributed by atoms with E-state index < -0.39 is 0 Å². The molecule has 0 unspecified atom stereocenters. The predicted molar refractivity (Wildman–Crippen MR) is 87.8 cm³/mol. The molecule has 5 nitrogen and oxygen atoms in total. The molecule has 0 saturated heterocycles. The van der Waals surface area contributed by atoms with Gasteiger partial charge in [0.1, 0.15) is 5.75 Å². The first-order valence-corrected chi connectivity index (χ1v) is 7.51. The van der Waals surface area contributed by atoms with E-state index in [9.17, 15) is 4.79 Å². The van der Waals surface area contributed by atoms with E-state index in [4.69, 9.17) is 22.7 Å². The number of methoxy groups -OCH3 is 1. The molecule has 0 atom stereocenters. The first-order chi connectivity index (χ1) is 10.1. The fourth-order valence-electron chi connectivity index (χ4n) is 2.62. The van der Waals surface area contributed by atoms with Crippen LogP contribution in [0, 0.1) is 0 Å². The molecular formula is C15H21N3O2S. The third kappa shape index (κ3) is 4.32. The number of urea groups is 1. The van der Waals surface area contributed by atoms with E-state index in [2.05, 4.69) is 5.32 Å². The van der Waals surface area contributed by atoms with Gasteiger partial charge in [0.05, 0.1) is 18.6 Å². The van der Waals surface area contributed by atoms with E-state index in [0.29, 0.717) is 11.5 Å². The highest BCUT2D eigenvalue weighted by molar-refractivity contribution is 7.80. The highest BCUT2D eigenvalue weighted by Gasteiger charge is 2.27. The summed E-state index contributed by atoms with van der Waals surface area (Å²) < 4.78 is 5.10. The second kappa shape index (κ2) is 7.26. The van der Waals surface area contributed by atoms with Crippen LogP contribution in [0.4, 0.5) is 10.5 Å². The van der Waals surface area contributed by atoms with Gasteiger partial charge >= 0.3 is 6.03 Å². The predicted octanol–water partition coefficient (Wildman–Crippen LogP) is 2.76. The van der Waals surface area contributed by atoms with Gasteiger partial charge in [0.15, 0.2) is 0 Å². The number of carbonyl (C=O) groups is 1. The summed E-state index contributed by atoms with van der Waals surface area (Å²) in [6, 6.07) is 7.31. The van der Waals surface area contributed by atoms with Crippen LogP contribution >= 0.6 is 12.2 Å². The zero-order valence-electron chi connectivity index (χ0n) is 12.2. The van der Waals surface area contributed by atoms with Gasteiger partial charge in [-0.3, -0.25) is 0 Å². The number of nitrogens with zero attached hydrogens (tertiary/aromatic N) is 1.